The van der Waals surface area contributed by atoms with Gasteiger partial charge in [0.1, 0.15) is 5.01 Å². The van der Waals surface area contributed by atoms with Gasteiger partial charge in [-0.1, -0.05) is 41.9 Å². The van der Waals surface area contributed by atoms with E-state index in [4.69, 9.17) is 11.6 Å². The molecular weight excluding hydrogens is 369 g/mol. The second-order valence-corrected chi connectivity index (χ2v) is 6.94. The largest absolute Gasteiger partial charge is 0.416 e. The molecule has 0 saturated carbocycles. The number of nitrogens with one attached hydrogen (secondary N) is 1. The number of alkyl halides is 3. The van der Waals surface area contributed by atoms with Gasteiger partial charge in [-0.05, 0) is 29.3 Å². The normalized spacial score (nSPS) is 11.7. The fourth-order valence-corrected chi connectivity index (χ4v) is 3.50. The molecule has 0 aliphatic carbocycles. The zero-order valence-electron chi connectivity index (χ0n) is 13.0. The minimum Gasteiger partial charge on any atom is -0.306 e. The second-order valence-electron chi connectivity index (χ2n) is 5.39. The van der Waals surface area contributed by atoms with Gasteiger partial charge in [0.05, 0.1) is 10.4 Å². The van der Waals surface area contributed by atoms with Gasteiger partial charge in [0.2, 0.25) is 0 Å². The number of halogens is 4. The fourth-order valence-electron chi connectivity index (χ4n) is 2.42. The first-order chi connectivity index (χ1) is 11.9. The van der Waals surface area contributed by atoms with E-state index in [2.05, 4.69) is 10.3 Å². The maximum Gasteiger partial charge on any atom is 0.416 e. The minimum atomic E-state index is -4.35. The van der Waals surface area contributed by atoms with Crippen LogP contribution in [0.1, 0.15) is 16.1 Å². The molecule has 7 heteroatoms. The first-order valence-electron chi connectivity index (χ1n) is 7.50. The lowest BCUT2D eigenvalue weighted by atomic mass is 10.1. The quantitative estimate of drug-likeness (QED) is 0.605. The third kappa shape index (κ3) is 4.60. The van der Waals surface area contributed by atoms with E-state index in [-0.39, 0.29) is 12.1 Å². The van der Waals surface area contributed by atoms with Crippen molar-refractivity contribution in [3.05, 3.63) is 75.9 Å². The lowest BCUT2D eigenvalue weighted by Crippen LogP contribution is -2.17. The van der Waals surface area contributed by atoms with Crippen LogP contribution in [0.25, 0.3) is 10.4 Å². The Labute approximate surface area is 152 Å². The highest BCUT2D eigenvalue weighted by atomic mass is 35.5. The van der Waals surface area contributed by atoms with Gasteiger partial charge < -0.3 is 5.32 Å². The van der Waals surface area contributed by atoms with Gasteiger partial charge in [-0.3, -0.25) is 0 Å². The van der Waals surface area contributed by atoms with Crippen molar-refractivity contribution in [1.29, 1.82) is 0 Å². The summed E-state index contributed by atoms with van der Waals surface area (Å²) in [5, 5.41) is 4.48. The minimum absolute atomic E-state index is 0.127. The molecule has 0 aliphatic rings. The van der Waals surface area contributed by atoms with E-state index < -0.39 is 11.7 Å². The predicted molar refractivity (Wildman–Crippen MR) is 94.5 cm³/mol. The molecule has 0 fully saturated rings. The Kier molecular flexibility index (Phi) is 5.42. The van der Waals surface area contributed by atoms with Crippen molar-refractivity contribution in [2.45, 2.75) is 19.3 Å². The SMILES string of the molecule is FC(F)(F)c1ccccc1CNCc1ncc(-c2cccc(Cl)c2)s1. The van der Waals surface area contributed by atoms with Crippen molar-refractivity contribution in [3.63, 3.8) is 0 Å². The lowest BCUT2D eigenvalue weighted by Gasteiger charge is -2.12. The van der Waals surface area contributed by atoms with Gasteiger partial charge in [-0.2, -0.15) is 13.2 Å². The number of nitrogens with zero attached hydrogens (tertiary/aromatic N) is 1. The van der Waals surface area contributed by atoms with E-state index in [1.54, 1.807) is 18.3 Å². The Morgan fingerprint density at radius 2 is 1.84 bits per heavy atom. The summed E-state index contributed by atoms with van der Waals surface area (Å²) in [5.41, 5.74) is 0.585. The molecular formula is C18H14ClF3N2S. The summed E-state index contributed by atoms with van der Waals surface area (Å²) < 4.78 is 38.9. The van der Waals surface area contributed by atoms with Crippen LogP contribution in [0, 0.1) is 0 Å². The standard InChI is InChI=1S/C18H14ClF3N2S/c19-14-6-3-5-12(8-14)16-10-24-17(25-16)11-23-9-13-4-1-2-7-15(13)18(20,21)22/h1-8,10,23H,9,11H2. The van der Waals surface area contributed by atoms with E-state index in [0.717, 1.165) is 21.5 Å². The number of hydrogen-bond acceptors (Lipinski definition) is 3. The van der Waals surface area contributed by atoms with Crippen LogP contribution in [0.15, 0.2) is 54.7 Å². The fraction of sp³-hybridized carbons (Fsp3) is 0.167. The van der Waals surface area contributed by atoms with Crippen molar-refractivity contribution < 1.29 is 13.2 Å². The Morgan fingerprint density at radius 3 is 2.60 bits per heavy atom. The molecule has 0 spiro atoms. The second kappa shape index (κ2) is 7.56. The van der Waals surface area contributed by atoms with Gasteiger partial charge in [0.25, 0.3) is 0 Å². The smallest absolute Gasteiger partial charge is 0.306 e. The summed E-state index contributed by atoms with van der Waals surface area (Å²) in [5.74, 6) is 0. The van der Waals surface area contributed by atoms with E-state index in [9.17, 15) is 13.2 Å². The molecule has 0 saturated heterocycles. The van der Waals surface area contributed by atoms with Crippen molar-refractivity contribution in [2.75, 3.05) is 0 Å². The molecule has 2 aromatic carbocycles. The van der Waals surface area contributed by atoms with Gasteiger partial charge in [-0.15, -0.1) is 11.3 Å². The molecule has 3 aromatic rings. The Balaban J connectivity index is 1.64. The van der Waals surface area contributed by atoms with Crippen molar-refractivity contribution in [2.24, 2.45) is 0 Å². The molecule has 0 atom stereocenters. The number of thiazole rings is 1. The summed E-state index contributed by atoms with van der Waals surface area (Å²) in [6.45, 7) is 0.527. The maximum absolute atomic E-state index is 13.0. The van der Waals surface area contributed by atoms with Gasteiger partial charge in [0, 0.05) is 24.3 Å². The molecule has 1 heterocycles. The third-order valence-corrected chi connectivity index (χ3v) is 4.86. The first kappa shape index (κ1) is 17.9. The van der Waals surface area contributed by atoms with Crippen molar-refractivity contribution in [3.8, 4) is 10.4 Å². The average molecular weight is 383 g/mol. The van der Waals surface area contributed by atoms with E-state index >= 15 is 0 Å². The highest BCUT2D eigenvalue weighted by Crippen LogP contribution is 2.32. The summed E-state index contributed by atoms with van der Waals surface area (Å²) in [7, 11) is 0. The molecule has 3 rings (SSSR count). The summed E-state index contributed by atoms with van der Waals surface area (Å²) in [6.07, 6.45) is -2.60. The molecule has 25 heavy (non-hydrogen) atoms. The van der Waals surface area contributed by atoms with Gasteiger partial charge in [0.15, 0.2) is 0 Å². The van der Waals surface area contributed by atoms with Gasteiger partial charge >= 0.3 is 6.18 Å². The number of aromatic nitrogens is 1. The lowest BCUT2D eigenvalue weighted by molar-refractivity contribution is -0.138. The Hall–Kier alpha value is -1.89. The predicted octanol–water partition coefficient (Wildman–Crippen LogP) is 5.77. The molecule has 0 amide bonds. The zero-order chi connectivity index (χ0) is 17.9. The van der Waals surface area contributed by atoms with Crippen LogP contribution in [-0.2, 0) is 19.3 Å². The Bertz CT molecular complexity index is 861. The maximum atomic E-state index is 13.0. The molecule has 0 unspecified atom stereocenters. The van der Waals surface area contributed by atoms with E-state index in [1.165, 1.54) is 23.5 Å². The Morgan fingerprint density at radius 1 is 1.04 bits per heavy atom. The van der Waals surface area contributed by atoms with E-state index in [1.807, 2.05) is 18.2 Å². The summed E-state index contributed by atoms with van der Waals surface area (Å²) >= 11 is 7.47. The molecule has 0 bridgehead atoms. The average Bonchev–Trinajstić information content (AvgIpc) is 3.03. The monoisotopic (exact) mass is 382 g/mol. The molecule has 130 valence electrons. The van der Waals surface area contributed by atoms with Crippen LogP contribution in [0.2, 0.25) is 5.02 Å². The van der Waals surface area contributed by atoms with Crippen LogP contribution >= 0.6 is 22.9 Å². The zero-order valence-corrected chi connectivity index (χ0v) is 14.6. The highest BCUT2D eigenvalue weighted by Gasteiger charge is 2.32. The molecule has 1 N–H and O–H groups in total. The van der Waals surface area contributed by atoms with Crippen LogP contribution < -0.4 is 5.32 Å². The first-order valence-corrected chi connectivity index (χ1v) is 8.69. The van der Waals surface area contributed by atoms with Crippen molar-refractivity contribution >= 4 is 22.9 Å². The van der Waals surface area contributed by atoms with Gasteiger partial charge in [-0.25, -0.2) is 4.98 Å². The van der Waals surface area contributed by atoms with Crippen molar-refractivity contribution in [1.82, 2.24) is 10.3 Å². The number of rotatable bonds is 5. The van der Waals surface area contributed by atoms with Crippen LogP contribution in [0.5, 0.6) is 0 Å². The summed E-state index contributed by atoms with van der Waals surface area (Å²) in [4.78, 5) is 5.28. The number of benzene rings is 2. The van der Waals surface area contributed by atoms with E-state index in [0.29, 0.717) is 11.6 Å². The topological polar surface area (TPSA) is 24.9 Å². The molecule has 0 radical (unpaired) electrons. The van der Waals surface area contributed by atoms with Crippen LogP contribution in [0.4, 0.5) is 13.2 Å². The molecule has 2 nitrogen and oxygen atoms in total. The molecule has 0 aliphatic heterocycles. The van der Waals surface area contributed by atoms with Crippen LogP contribution in [-0.4, -0.2) is 4.98 Å². The summed E-state index contributed by atoms with van der Waals surface area (Å²) in [6, 6.07) is 13.0. The third-order valence-electron chi connectivity index (χ3n) is 3.58. The van der Waals surface area contributed by atoms with Crippen LogP contribution in [0.3, 0.4) is 0 Å². The molecule has 1 aromatic heterocycles. The highest BCUT2D eigenvalue weighted by molar-refractivity contribution is 7.15. The number of hydrogen-bond donors (Lipinski definition) is 1.